The Kier molecular flexibility index (Phi) is 5.61. The lowest BCUT2D eigenvalue weighted by atomic mass is 10.2. The average Bonchev–Trinajstić information content (AvgIpc) is 2.90. The summed E-state index contributed by atoms with van der Waals surface area (Å²) in [6.45, 7) is 10.3. The van der Waals surface area contributed by atoms with Crippen molar-refractivity contribution in [2.45, 2.75) is 27.2 Å². The average molecular weight is 355 g/mol. The summed E-state index contributed by atoms with van der Waals surface area (Å²) < 4.78 is 1.77. The van der Waals surface area contributed by atoms with Crippen LogP contribution in [0, 0.1) is 13.8 Å². The molecule has 0 spiro atoms. The number of rotatable bonds is 5. The topological polar surface area (TPSA) is 53.4 Å². The molecule has 2 heterocycles. The highest BCUT2D eigenvalue weighted by Crippen LogP contribution is 2.19. The molecule has 0 saturated carbocycles. The Morgan fingerprint density at radius 1 is 1.19 bits per heavy atom. The van der Waals surface area contributed by atoms with E-state index in [1.165, 1.54) is 11.3 Å². The molecule has 2 aromatic rings. The van der Waals surface area contributed by atoms with Crippen LogP contribution in [0.1, 0.15) is 23.7 Å². The van der Waals surface area contributed by atoms with Gasteiger partial charge >= 0.3 is 0 Å². The van der Waals surface area contributed by atoms with Gasteiger partial charge in [-0.3, -0.25) is 14.4 Å². The van der Waals surface area contributed by atoms with Crippen molar-refractivity contribution in [3.05, 3.63) is 41.1 Å². The van der Waals surface area contributed by atoms with Gasteiger partial charge in [-0.2, -0.15) is 5.10 Å². The Hall–Kier alpha value is -2.34. The van der Waals surface area contributed by atoms with Crippen molar-refractivity contribution in [2.75, 3.05) is 42.9 Å². The highest BCUT2D eigenvalue weighted by atomic mass is 16.2. The van der Waals surface area contributed by atoms with Crippen LogP contribution in [-0.4, -0.2) is 53.3 Å². The predicted octanol–water partition coefficient (Wildman–Crippen LogP) is 2.36. The molecule has 1 aromatic carbocycles. The van der Waals surface area contributed by atoms with E-state index < -0.39 is 0 Å². The fraction of sp³-hybridized carbons (Fsp3) is 0.500. The second-order valence-electron chi connectivity index (χ2n) is 7.05. The van der Waals surface area contributed by atoms with Crippen LogP contribution in [0.4, 0.5) is 11.5 Å². The smallest absolute Gasteiger partial charge is 0.239 e. The fourth-order valence-corrected chi connectivity index (χ4v) is 3.56. The highest BCUT2D eigenvalue weighted by molar-refractivity contribution is 5.92. The van der Waals surface area contributed by atoms with Crippen molar-refractivity contribution in [1.82, 2.24) is 14.7 Å². The van der Waals surface area contributed by atoms with E-state index in [4.69, 9.17) is 0 Å². The molecule has 6 heteroatoms. The number of hydrogen-bond donors (Lipinski definition) is 1. The van der Waals surface area contributed by atoms with Crippen LogP contribution < -0.4 is 10.2 Å². The molecule has 0 bridgehead atoms. The first kappa shape index (κ1) is 18.5. The maximum absolute atomic E-state index is 12.5. The largest absolute Gasteiger partial charge is 0.369 e. The van der Waals surface area contributed by atoms with Gasteiger partial charge in [0, 0.05) is 44.5 Å². The number of aromatic nitrogens is 2. The predicted molar refractivity (Wildman–Crippen MR) is 106 cm³/mol. The molecular weight excluding hydrogens is 326 g/mol. The van der Waals surface area contributed by atoms with Gasteiger partial charge in [-0.05, 0) is 38.0 Å². The molecule has 0 aliphatic carbocycles. The Labute approximate surface area is 155 Å². The normalized spacial score (nSPS) is 15.3. The molecule has 1 aliphatic rings. The molecule has 3 rings (SSSR count). The van der Waals surface area contributed by atoms with E-state index >= 15 is 0 Å². The van der Waals surface area contributed by atoms with Crippen molar-refractivity contribution in [3.63, 3.8) is 0 Å². The lowest BCUT2D eigenvalue weighted by Gasteiger charge is -2.35. The number of benzene rings is 1. The number of carbonyl (C=O) groups is 1. The van der Waals surface area contributed by atoms with E-state index in [1.54, 1.807) is 4.68 Å². The molecule has 1 aliphatic heterocycles. The summed E-state index contributed by atoms with van der Waals surface area (Å²) in [6, 6.07) is 8.60. The van der Waals surface area contributed by atoms with E-state index in [2.05, 4.69) is 58.3 Å². The van der Waals surface area contributed by atoms with Crippen LogP contribution in [0.2, 0.25) is 0 Å². The zero-order chi connectivity index (χ0) is 18.7. The molecule has 0 unspecified atom stereocenters. The Bertz CT molecular complexity index is 775. The van der Waals surface area contributed by atoms with Gasteiger partial charge in [-0.15, -0.1) is 0 Å². The number of piperazine rings is 1. The maximum atomic E-state index is 12.5. The second-order valence-corrected chi connectivity index (χ2v) is 7.05. The highest BCUT2D eigenvalue weighted by Gasteiger charge is 2.20. The fourth-order valence-electron chi connectivity index (χ4n) is 3.56. The minimum Gasteiger partial charge on any atom is -0.369 e. The van der Waals surface area contributed by atoms with Crippen LogP contribution in [-0.2, 0) is 18.3 Å². The maximum Gasteiger partial charge on any atom is 0.239 e. The minimum absolute atomic E-state index is 0.0303. The standard InChI is InChI=1S/C20H29N5O/c1-5-18-16(3)20(23(4)22-18)21-19(26)14-24-9-11-25(12-10-24)17-8-6-7-15(2)13-17/h6-8,13H,5,9-12,14H2,1-4H3,(H,21,26). The van der Waals surface area contributed by atoms with Gasteiger partial charge in [0.2, 0.25) is 5.91 Å². The van der Waals surface area contributed by atoms with E-state index in [1.807, 2.05) is 14.0 Å². The Morgan fingerprint density at radius 2 is 1.92 bits per heavy atom. The number of aryl methyl sites for hydroxylation is 3. The van der Waals surface area contributed by atoms with E-state index in [0.717, 1.165) is 49.7 Å². The molecule has 140 valence electrons. The van der Waals surface area contributed by atoms with Crippen LogP contribution in [0.15, 0.2) is 24.3 Å². The first-order valence-electron chi connectivity index (χ1n) is 9.34. The first-order valence-corrected chi connectivity index (χ1v) is 9.34. The van der Waals surface area contributed by atoms with Gasteiger partial charge in [-0.25, -0.2) is 0 Å². The lowest BCUT2D eigenvalue weighted by molar-refractivity contribution is -0.117. The summed E-state index contributed by atoms with van der Waals surface area (Å²) in [5.41, 5.74) is 4.65. The number of anilines is 2. The van der Waals surface area contributed by atoms with Crippen molar-refractivity contribution < 1.29 is 4.79 Å². The molecule has 26 heavy (non-hydrogen) atoms. The summed E-state index contributed by atoms with van der Waals surface area (Å²) in [4.78, 5) is 17.1. The molecule has 1 N–H and O–H groups in total. The van der Waals surface area contributed by atoms with Crippen LogP contribution in [0.3, 0.4) is 0 Å². The Balaban J connectivity index is 1.53. The summed E-state index contributed by atoms with van der Waals surface area (Å²) in [7, 11) is 1.88. The van der Waals surface area contributed by atoms with Crippen molar-refractivity contribution in [2.24, 2.45) is 7.05 Å². The first-order chi connectivity index (χ1) is 12.5. The van der Waals surface area contributed by atoms with Gasteiger partial charge in [0.25, 0.3) is 0 Å². The molecule has 6 nitrogen and oxygen atoms in total. The summed E-state index contributed by atoms with van der Waals surface area (Å²) >= 11 is 0. The van der Waals surface area contributed by atoms with Crippen molar-refractivity contribution >= 4 is 17.4 Å². The Morgan fingerprint density at radius 3 is 2.54 bits per heavy atom. The van der Waals surface area contributed by atoms with E-state index in [-0.39, 0.29) is 5.91 Å². The lowest BCUT2D eigenvalue weighted by Crippen LogP contribution is -2.48. The van der Waals surface area contributed by atoms with Gasteiger partial charge in [0.15, 0.2) is 0 Å². The van der Waals surface area contributed by atoms with Crippen LogP contribution >= 0.6 is 0 Å². The summed E-state index contributed by atoms with van der Waals surface area (Å²) in [5.74, 6) is 0.841. The van der Waals surface area contributed by atoms with Crippen molar-refractivity contribution in [3.8, 4) is 0 Å². The third-order valence-electron chi connectivity index (χ3n) is 5.08. The summed E-state index contributed by atoms with van der Waals surface area (Å²) in [6.07, 6.45) is 0.871. The molecule has 0 radical (unpaired) electrons. The van der Waals surface area contributed by atoms with Gasteiger partial charge in [0.05, 0.1) is 12.2 Å². The number of nitrogens with one attached hydrogen (secondary N) is 1. The van der Waals surface area contributed by atoms with Gasteiger partial charge in [0.1, 0.15) is 5.82 Å². The van der Waals surface area contributed by atoms with E-state index in [0.29, 0.717) is 6.54 Å². The minimum atomic E-state index is 0.0303. The molecule has 1 fully saturated rings. The van der Waals surface area contributed by atoms with Crippen LogP contribution in [0.5, 0.6) is 0 Å². The summed E-state index contributed by atoms with van der Waals surface area (Å²) in [5, 5.41) is 7.50. The SMILES string of the molecule is CCc1nn(C)c(NC(=O)CN2CCN(c3cccc(C)c3)CC2)c1C. The number of amides is 1. The molecular formula is C20H29N5O. The number of nitrogens with zero attached hydrogens (tertiary/aromatic N) is 4. The van der Waals surface area contributed by atoms with Gasteiger partial charge in [-0.1, -0.05) is 19.1 Å². The molecule has 1 amide bonds. The van der Waals surface area contributed by atoms with Crippen LogP contribution in [0.25, 0.3) is 0 Å². The number of carbonyl (C=O) groups excluding carboxylic acids is 1. The zero-order valence-electron chi connectivity index (χ0n) is 16.2. The monoisotopic (exact) mass is 355 g/mol. The van der Waals surface area contributed by atoms with Crippen molar-refractivity contribution in [1.29, 1.82) is 0 Å². The molecule has 0 atom stereocenters. The second kappa shape index (κ2) is 7.91. The van der Waals surface area contributed by atoms with Gasteiger partial charge < -0.3 is 10.2 Å². The molecule has 1 saturated heterocycles. The third-order valence-corrected chi connectivity index (χ3v) is 5.08. The van der Waals surface area contributed by atoms with E-state index in [9.17, 15) is 4.79 Å². The number of hydrogen-bond acceptors (Lipinski definition) is 4. The quantitative estimate of drug-likeness (QED) is 0.895. The zero-order valence-corrected chi connectivity index (χ0v) is 16.2. The third kappa shape index (κ3) is 4.07. The molecule has 1 aromatic heterocycles.